The maximum atomic E-state index is 12.2. The van der Waals surface area contributed by atoms with Crippen LogP contribution in [0.4, 0.5) is 0 Å². The summed E-state index contributed by atoms with van der Waals surface area (Å²) in [4.78, 5) is 12.4. The van der Waals surface area contributed by atoms with Crippen LogP contribution in [0.2, 0.25) is 0 Å². The average Bonchev–Trinajstić information content (AvgIpc) is 2.66. The number of amides is 1. The van der Waals surface area contributed by atoms with E-state index >= 15 is 0 Å². The number of hydrogen-bond acceptors (Lipinski definition) is 5. The largest absolute Gasteiger partial charge is 0.497 e. The van der Waals surface area contributed by atoms with Gasteiger partial charge in [0.15, 0.2) is 6.61 Å². The number of nitrogens with one attached hydrogen (secondary N) is 1. The highest BCUT2D eigenvalue weighted by Crippen LogP contribution is 2.23. The van der Waals surface area contributed by atoms with E-state index in [4.69, 9.17) is 9.47 Å². The van der Waals surface area contributed by atoms with E-state index < -0.39 is 10.0 Å². The summed E-state index contributed by atoms with van der Waals surface area (Å²) in [5.41, 5.74) is 1.59. The predicted molar refractivity (Wildman–Crippen MR) is 107 cm³/mol. The third kappa shape index (κ3) is 5.24. The molecule has 0 aliphatic carbocycles. The van der Waals surface area contributed by atoms with Gasteiger partial charge in [0.1, 0.15) is 11.5 Å². The summed E-state index contributed by atoms with van der Waals surface area (Å²) in [6, 6.07) is 11.8. The third-order valence-electron chi connectivity index (χ3n) is 4.28. The molecule has 7 nitrogen and oxygen atoms in total. The molecule has 1 N–H and O–H groups in total. The minimum Gasteiger partial charge on any atom is -0.497 e. The summed E-state index contributed by atoms with van der Waals surface area (Å²) in [6.45, 7) is 3.45. The molecule has 28 heavy (non-hydrogen) atoms. The number of nitrogens with zero attached hydrogens (tertiary/aromatic N) is 1. The minimum absolute atomic E-state index is 0.166. The van der Waals surface area contributed by atoms with Gasteiger partial charge < -0.3 is 14.8 Å². The highest BCUT2D eigenvalue weighted by atomic mass is 32.2. The summed E-state index contributed by atoms with van der Waals surface area (Å²) in [6.07, 6.45) is 0. The molecule has 0 aliphatic rings. The van der Waals surface area contributed by atoms with Crippen molar-refractivity contribution in [2.75, 3.05) is 27.8 Å². The number of methoxy groups -OCH3 is 1. The van der Waals surface area contributed by atoms with Crippen LogP contribution in [0, 0.1) is 6.92 Å². The Morgan fingerprint density at radius 3 is 2.32 bits per heavy atom. The molecule has 8 heteroatoms. The molecular weight excluding hydrogens is 380 g/mol. The summed E-state index contributed by atoms with van der Waals surface area (Å²) < 4.78 is 36.2. The monoisotopic (exact) mass is 406 g/mol. The zero-order valence-corrected chi connectivity index (χ0v) is 17.5. The summed E-state index contributed by atoms with van der Waals surface area (Å²) >= 11 is 0. The summed E-state index contributed by atoms with van der Waals surface area (Å²) in [5.74, 6) is 0.943. The molecule has 0 bridgehead atoms. The topological polar surface area (TPSA) is 84.9 Å². The quantitative estimate of drug-likeness (QED) is 0.728. The van der Waals surface area contributed by atoms with Gasteiger partial charge in [-0.25, -0.2) is 12.7 Å². The molecule has 0 aliphatic heterocycles. The Balaban J connectivity index is 1.96. The molecule has 1 atom stereocenters. The molecule has 0 unspecified atom stereocenters. The predicted octanol–water partition coefficient (Wildman–Crippen LogP) is 2.51. The molecule has 0 radical (unpaired) electrons. The van der Waals surface area contributed by atoms with Crippen molar-refractivity contribution < 1.29 is 22.7 Å². The van der Waals surface area contributed by atoms with E-state index in [1.54, 1.807) is 20.1 Å². The van der Waals surface area contributed by atoms with Gasteiger partial charge in [0.25, 0.3) is 5.91 Å². The van der Waals surface area contributed by atoms with Gasteiger partial charge in [-0.1, -0.05) is 12.1 Å². The van der Waals surface area contributed by atoms with Gasteiger partial charge in [0.2, 0.25) is 10.0 Å². The van der Waals surface area contributed by atoms with Crippen LogP contribution < -0.4 is 14.8 Å². The molecule has 0 aromatic heterocycles. The molecule has 0 heterocycles. The van der Waals surface area contributed by atoms with Crippen molar-refractivity contribution in [3.8, 4) is 11.5 Å². The van der Waals surface area contributed by atoms with Crippen LogP contribution in [0.5, 0.6) is 11.5 Å². The van der Waals surface area contributed by atoms with Crippen LogP contribution in [-0.2, 0) is 14.8 Å². The molecular formula is C20H26N2O5S. The van der Waals surface area contributed by atoms with Crippen LogP contribution in [0.25, 0.3) is 0 Å². The van der Waals surface area contributed by atoms with Crippen molar-refractivity contribution in [1.82, 2.24) is 9.62 Å². The zero-order valence-electron chi connectivity index (χ0n) is 16.7. The number of carbonyl (C=O) groups excluding carboxylic acids is 1. The molecule has 0 spiro atoms. The molecule has 0 saturated heterocycles. The smallest absolute Gasteiger partial charge is 0.258 e. The first-order valence-corrected chi connectivity index (χ1v) is 10.2. The number of aryl methyl sites for hydroxylation is 1. The first-order chi connectivity index (χ1) is 13.1. The zero-order chi connectivity index (χ0) is 20.9. The molecule has 0 fully saturated rings. The fourth-order valence-electron chi connectivity index (χ4n) is 2.56. The van der Waals surface area contributed by atoms with E-state index in [0.717, 1.165) is 15.6 Å². The Morgan fingerprint density at radius 1 is 1.14 bits per heavy atom. The fourth-order valence-corrected chi connectivity index (χ4v) is 3.54. The van der Waals surface area contributed by atoms with Crippen molar-refractivity contribution in [2.24, 2.45) is 0 Å². The Hall–Kier alpha value is -2.58. The molecule has 0 saturated carbocycles. The first-order valence-electron chi connectivity index (χ1n) is 8.74. The lowest BCUT2D eigenvalue weighted by Crippen LogP contribution is -2.31. The van der Waals surface area contributed by atoms with Crippen molar-refractivity contribution in [3.63, 3.8) is 0 Å². The molecule has 2 rings (SSSR count). The van der Waals surface area contributed by atoms with Gasteiger partial charge in [-0.3, -0.25) is 4.79 Å². The highest BCUT2D eigenvalue weighted by molar-refractivity contribution is 7.89. The van der Waals surface area contributed by atoms with Crippen LogP contribution >= 0.6 is 0 Å². The lowest BCUT2D eigenvalue weighted by atomic mass is 10.1. The van der Waals surface area contributed by atoms with E-state index in [1.807, 2.05) is 31.2 Å². The first kappa shape index (κ1) is 21.7. The third-order valence-corrected chi connectivity index (χ3v) is 6.09. The molecule has 152 valence electrons. The van der Waals surface area contributed by atoms with E-state index in [2.05, 4.69) is 5.32 Å². The highest BCUT2D eigenvalue weighted by Gasteiger charge is 2.18. The average molecular weight is 407 g/mol. The number of hydrogen-bond donors (Lipinski definition) is 1. The van der Waals surface area contributed by atoms with Crippen LogP contribution in [-0.4, -0.2) is 46.4 Å². The summed E-state index contributed by atoms with van der Waals surface area (Å²) in [5, 5.41) is 2.87. The van der Waals surface area contributed by atoms with Gasteiger partial charge >= 0.3 is 0 Å². The van der Waals surface area contributed by atoms with Crippen molar-refractivity contribution in [1.29, 1.82) is 0 Å². The summed E-state index contributed by atoms with van der Waals surface area (Å²) in [7, 11) is 1.04. The second-order valence-electron chi connectivity index (χ2n) is 6.57. The van der Waals surface area contributed by atoms with Crippen molar-refractivity contribution >= 4 is 15.9 Å². The molecule has 1 amide bonds. The van der Waals surface area contributed by atoms with Gasteiger partial charge in [0.05, 0.1) is 18.0 Å². The number of sulfonamides is 1. The number of ether oxygens (including phenoxy) is 2. The van der Waals surface area contributed by atoms with Crippen molar-refractivity contribution in [2.45, 2.75) is 24.8 Å². The van der Waals surface area contributed by atoms with Gasteiger partial charge in [0, 0.05) is 14.1 Å². The van der Waals surface area contributed by atoms with E-state index in [1.165, 1.54) is 26.2 Å². The fraction of sp³-hybridized carbons (Fsp3) is 0.350. The second-order valence-corrected chi connectivity index (χ2v) is 8.72. The van der Waals surface area contributed by atoms with Gasteiger partial charge in [-0.2, -0.15) is 0 Å². The maximum absolute atomic E-state index is 12.2. The number of carbonyl (C=O) groups is 1. The maximum Gasteiger partial charge on any atom is 0.258 e. The standard InChI is InChI=1S/C20H26N2O5S/c1-14-12-18(28(24,25)22(3)4)10-11-19(14)27-13-20(23)21-15(2)16-6-8-17(26-5)9-7-16/h6-12,15H,13H2,1-5H3,(H,21,23)/t15-/m0/s1. The van der Waals surface area contributed by atoms with Gasteiger partial charge in [-0.05, 0) is 55.3 Å². The molecule has 2 aromatic rings. The Bertz CT molecular complexity index is 924. The number of rotatable bonds is 8. The second kappa shape index (κ2) is 9.07. The Morgan fingerprint density at radius 2 is 1.79 bits per heavy atom. The van der Waals surface area contributed by atoms with Gasteiger partial charge in [-0.15, -0.1) is 0 Å². The normalized spacial score (nSPS) is 12.5. The van der Waals surface area contributed by atoms with Crippen LogP contribution in [0.15, 0.2) is 47.4 Å². The van der Waals surface area contributed by atoms with Crippen LogP contribution in [0.3, 0.4) is 0 Å². The van der Waals surface area contributed by atoms with E-state index in [9.17, 15) is 13.2 Å². The molecule has 2 aromatic carbocycles. The van der Waals surface area contributed by atoms with Crippen molar-refractivity contribution in [3.05, 3.63) is 53.6 Å². The van der Waals surface area contributed by atoms with E-state index in [0.29, 0.717) is 11.3 Å². The van der Waals surface area contributed by atoms with E-state index in [-0.39, 0.29) is 23.5 Å². The Kier molecular flexibility index (Phi) is 7.04. The Labute approximate surface area is 166 Å². The lowest BCUT2D eigenvalue weighted by molar-refractivity contribution is -0.123. The van der Waals surface area contributed by atoms with Crippen LogP contribution in [0.1, 0.15) is 24.1 Å². The lowest BCUT2D eigenvalue weighted by Gasteiger charge is -2.16. The number of benzene rings is 2. The SMILES string of the molecule is COc1ccc([C@H](C)NC(=O)COc2ccc(S(=O)(=O)N(C)C)cc2C)cc1. The minimum atomic E-state index is -3.51.